The molecule has 1 aliphatic rings. The van der Waals surface area contributed by atoms with Crippen LogP contribution in [-0.4, -0.2) is 10.9 Å². The lowest BCUT2D eigenvalue weighted by Crippen LogP contribution is -2.26. The molecule has 3 N–H and O–H groups in total. The van der Waals surface area contributed by atoms with E-state index in [4.69, 9.17) is 17.4 Å². The monoisotopic (exact) mass is 288 g/mol. The SMILES string of the molecule is NNc1cc(CN2C(=O)Cc3ccc(Cl)cc32)ccn1. The van der Waals surface area contributed by atoms with Gasteiger partial charge in [0.2, 0.25) is 5.91 Å². The first-order valence-electron chi connectivity index (χ1n) is 6.18. The van der Waals surface area contributed by atoms with Crippen LogP contribution in [0, 0.1) is 0 Å². The predicted octanol–water partition coefficient (Wildman–Crippen LogP) is 2.11. The number of carbonyl (C=O) groups excluding carboxylic acids is 1. The molecule has 1 amide bonds. The van der Waals surface area contributed by atoms with Crippen LogP contribution in [-0.2, 0) is 17.8 Å². The van der Waals surface area contributed by atoms with Gasteiger partial charge in [0.15, 0.2) is 0 Å². The molecule has 0 atom stereocenters. The highest BCUT2D eigenvalue weighted by Crippen LogP contribution is 2.32. The number of hydrazine groups is 1. The smallest absolute Gasteiger partial charge is 0.231 e. The van der Waals surface area contributed by atoms with Crippen molar-refractivity contribution >= 4 is 29.0 Å². The normalized spacial score (nSPS) is 13.5. The minimum absolute atomic E-state index is 0.0707. The van der Waals surface area contributed by atoms with Gasteiger partial charge in [0.1, 0.15) is 5.82 Å². The lowest BCUT2D eigenvalue weighted by molar-refractivity contribution is -0.117. The van der Waals surface area contributed by atoms with Crippen molar-refractivity contribution in [1.82, 2.24) is 4.98 Å². The minimum atomic E-state index is 0.0707. The maximum atomic E-state index is 12.1. The highest BCUT2D eigenvalue weighted by molar-refractivity contribution is 6.31. The molecule has 3 rings (SSSR count). The van der Waals surface area contributed by atoms with E-state index >= 15 is 0 Å². The number of rotatable bonds is 3. The fourth-order valence-corrected chi connectivity index (χ4v) is 2.50. The maximum Gasteiger partial charge on any atom is 0.231 e. The molecule has 2 aromatic rings. The van der Waals surface area contributed by atoms with Gasteiger partial charge in [-0.25, -0.2) is 10.8 Å². The second-order valence-electron chi connectivity index (χ2n) is 4.62. The van der Waals surface area contributed by atoms with Gasteiger partial charge in [-0.05, 0) is 35.4 Å². The van der Waals surface area contributed by atoms with Crippen molar-refractivity contribution in [3.05, 3.63) is 52.7 Å². The van der Waals surface area contributed by atoms with Crippen LogP contribution in [0.2, 0.25) is 5.02 Å². The summed E-state index contributed by atoms with van der Waals surface area (Å²) >= 11 is 6.01. The van der Waals surface area contributed by atoms with Gasteiger partial charge in [0.25, 0.3) is 0 Å². The fourth-order valence-electron chi connectivity index (χ4n) is 2.34. The minimum Gasteiger partial charge on any atom is -0.308 e. The topological polar surface area (TPSA) is 71.2 Å². The van der Waals surface area contributed by atoms with Crippen molar-refractivity contribution in [3.8, 4) is 0 Å². The maximum absolute atomic E-state index is 12.1. The first kappa shape index (κ1) is 12.9. The molecular weight excluding hydrogens is 276 g/mol. The van der Waals surface area contributed by atoms with E-state index in [1.54, 1.807) is 17.2 Å². The molecule has 0 radical (unpaired) electrons. The largest absolute Gasteiger partial charge is 0.308 e. The molecule has 0 saturated carbocycles. The molecule has 2 heterocycles. The van der Waals surface area contributed by atoms with Gasteiger partial charge >= 0.3 is 0 Å². The van der Waals surface area contributed by atoms with Gasteiger partial charge in [-0.3, -0.25) is 4.79 Å². The quantitative estimate of drug-likeness (QED) is 0.670. The molecule has 102 valence electrons. The molecule has 1 aromatic carbocycles. The van der Waals surface area contributed by atoms with Crippen LogP contribution in [0.4, 0.5) is 11.5 Å². The Bertz CT molecular complexity index is 674. The summed E-state index contributed by atoms with van der Waals surface area (Å²) in [6.07, 6.45) is 2.07. The Morgan fingerprint density at radius 1 is 1.35 bits per heavy atom. The van der Waals surface area contributed by atoms with Crippen LogP contribution in [0.1, 0.15) is 11.1 Å². The van der Waals surface area contributed by atoms with Gasteiger partial charge in [-0.15, -0.1) is 0 Å². The number of hydrogen-bond donors (Lipinski definition) is 2. The number of anilines is 2. The van der Waals surface area contributed by atoms with Gasteiger partial charge in [-0.1, -0.05) is 17.7 Å². The Morgan fingerprint density at radius 2 is 2.20 bits per heavy atom. The number of fused-ring (bicyclic) bond motifs is 1. The third-order valence-electron chi connectivity index (χ3n) is 3.29. The molecule has 1 aliphatic heterocycles. The molecule has 0 spiro atoms. The molecule has 5 nitrogen and oxygen atoms in total. The summed E-state index contributed by atoms with van der Waals surface area (Å²) in [6.45, 7) is 0.476. The molecular formula is C14H13ClN4O. The highest BCUT2D eigenvalue weighted by Gasteiger charge is 2.27. The van der Waals surface area contributed by atoms with Crippen LogP contribution in [0.15, 0.2) is 36.5 Å². The number of aromatic nitrogens is 1. The van der Waals surface area contributed by atoms with Crippen molar-refractivity contribution in [2.24, 2.45) is 5.84 Å². The summed E-state index contributed by atoms with van der Waals surface area (Å²) in [4.78, 5) is 17.9. The Morgan fingerprint density at radius 3 is 3.00 bits per heavy atom. The second-order valence-corrected chi connectivity index (χ2v) is 5.06. The number of benzene rings is 1. The van der Waals surface area contributed by atoms with Gasteiger partial charge < -0.3 is 10.3 Å². The molecule has 6 heteroatoms. The van der Waals surface area contributed by atoms with Crippen LogP contribution < -0.4 is 16.2 Å². The van der Waals surface area contributed by atoms with Crippen LogP contribution in [0.5, 0.6) is 0 Å². The number of hydrogen-bond acceptors (Lipinski definition) is 4. The predicted molar refractivity (Wildman–Crippen MR) is 78.4 cm³/mol. The molecule has 0 aliphatic carbocycles. The van der Waals surface area contributed by atoms with E-state index in [-0.39, 0.29) is 5.91 Å². The van der Waals surface area contributed by atoms with Crippen LogP contribution in [0.3, 0.4) is 0 Å². The molecule has 0 bridgehead atoms. The number of nitrogen functional groups attached to an aromatic ring is 1. The van der Waals surface area contributed by atoms with E-state index in [2.05, 4.69) is 10.4 Å². The van der Waals surface area contributed by atoms with Crippen molar-refractivity contribution in [3.63, 3.8) is 0 Å². The average molecular weight is 289 g/mol. The van der Waals surface area contributed by atoms with Gasteiger partial charge in [0, 0.05) is 16.9 Å². The molecule has 0 unspecified atom stereocenters. The van der Waals surface area contributed by atoms with Crippen LogP contribution in [0.25, 0.3) is 0 Å². The summed E-state index contributed by atoms with van der Waals surface area (Å²) in [7, 11) is 0. The number of pyridine rings is 1. The van der Waals surface area contributed by atoms with E-state index in [1.165, 1.54) is 0 Å². The molecule has 20 heavy (non-hydrogen) atoms. The third-order valence-corrected chi connectivity index (χ3v) is 3.53. The zero-order valence-corrected chi connectivity index (χ0v) is 11.4. The molecule has 1 aromatic heterocycles. The van der Waals surface area contributed by atoms with E-state index in [1.807, 2.05) is 24.3 Å². The third kappa shape index (κ3) is 2.33. The average Bonchev–Trinajstić information content (AvgIpc) is 2.75. The summed E-state index contributed by atoms with van der Waals surface area (Å²) in [5.74, 6) is 5.98. The zero-order chi connectivity index (χ0) is 14.1. The number of nitrogens with two attached hydrogens (primary N) is 1. The zero-order valence-electron chi connectivity index (χ0n) is 10.6. The van der Waals surface area contributed by atoms with Crippen molar-refractivity contribution in [1.29, 1.82) is 0 Å². The number of carbonyl (C=O) groups is 1. The standard InChI is InChI=1S/C14H13ClN4O/c15-11-2-1-10-6-14(20)19(12(10)7-11)8-9-3-4-17-13(5-9)18-16/h1-5,7H,6,8,16H2,(H,17,18). The lowest BCUT2D eigenvalue weighted by Gasteiger charge is -2.18. The second kappa shape index (κ2) is 5.11. The first-order chi connectivity index (χ1) is 9.67. The number of halogens is 1. The van der Waals surface area contributed by atoms with Crippen molar-refractivity contribution in [2.75, 3.05) is 10.3 Å². The summed E-state index contributed by atoms with van der Waals surface area (Å²) in [5, 5.41) is 0.627. The first-order valence-corrected chi connectivity index (χ1v) is 6.55. The Balaban J connectivity index is 1.91. The Hall–Kier alpha value is -2.11. The lowest BCUT2D eigenvalue weighted by atomic mass is 10.2. The Labute approximate surface area is 121 Å². The summed E-state index contributed by atoms with van der Waals surface area (Å²) < 4.78 is 0. The molecule has 0 saturated heterocycles. The van der Waals surface area contributed by atoms with E-state index in [0.29, 0.717) is 23.8 Å². The number of nitrogens with zero attached hydrogens (tertiary/aromatic N) is 2. The molecule has 0 fully saturated rings. The van der Waals surface area contributed by atoms with Crippen LogP contribution >= 0.6 is 11.6 Å². The number of amides is 1. The van der Waals surface area contributed by atoms with E-state index in [9.17, 15) is 4.79 Å². The fraction of sp³-hybridized carbons (Fsp3) is 0.143. The Kier molecular flexibility index (Phi) is 3.30. The highest BCUT2D eigenvalue weighted by atomic mass is 35.5. The summed E-state index contributed by atoms with van der Waals surface area (Å²) in [5.41, 5.74) is 5.33. The van der Waals surface area contributed by atoms with E-state index in [0.717, 1.165) is 16.8 Å². The van der Waals surface area contributed by atoms with Crippen molar-refractivity contribution < 1.29 is 4.79 Å². The van der Waals surface area contributed by atoms with E-state index < -0.39 is 0 Å². The van der Waals surface area contributed by atoms with Crippen molar-refractivity contribution in [2.45, 2.75) is 13.0 Å². The van der Waals surface area contributed by atoms with Gasteiger partial charge in [0.05, 0.1) is 13.0 Å². The summed E-state index contributed by atoms with van der Waals surface area (Å²) in [6, 6.07) is 9.20. The van der Waals surface area contributed by atoms with Gasteiger partial charge in [-0.2, -0.15) is 0 Å². The number of nitrogens with one attached hydrogen (secondary N) is 1.